The highest BCUT2D eigenvalue weighted by atomic mass is 35.5. The van der Waals surface area contributed by atoms with Crippen LogP contribution in [0.15, 0.2) is 54.6 Å². The van der Waals surface area contributed by atoms with Gasteiger partial charge in [0.05, 0.1) is 4.92 Å². The zero-order valence-electron chi connectivity index (χ0n) is 15.4. The second-order valence-corrected chi connectivity index (χ2v) is 7.41. The third kappa shape index (κ3) is 4.43. The van der Waals surface area contributed by atoms with E-state index in [4.69, 9.17) is 0 Å². The summed E-state index contributed by atoms with van der Waals surface area (Å²) in [5.41, 5.74) is 3.01. The topological polar surface area (TPSA) is 46.4 Å². The smallest absolute Gasteiger partial charge is 0.269 e. The first kappa shape index (κ1) is 20.4. The number of benzene rings is 2. The number of non-ortho nitro benzene ring substituents is 1. The molecule has 1 saturated heterocycles. The van der Waals surface area contributed by atoms with Crippen LogP contribution < -0.4 is 0 Å². The molecule has 140 valence electrons. The lowest BCUT2D eigenvalue weighted by molar-refractivity contribution is -0.384. The molecule has 5 heteroatoms. The van der Waals surface area contributed by atoms with E-state index in [0.29, 0.717) is 5.92 Å². The van der Waals surface area contributed by atoms with Gasteiger partial charge < -0.3 is 4.90 Å². The first-order chi connectivity index (χ1) is 12.0. The highest BCUT2D eigenvalue weighted by molar-refractivity contribution is 5.85. The van der Waals surface area contributed by atoms with Crippen LogP contribution in [0.2, 0.25) is 0 Å². The minimum atomic E-state index is -0.347. The molecule has 0 radical (unpaired) electrons. The van der Waals surface area contributed by atoms with Gasteiger partial charge >= 0.3 is 0 Å². The van der Waals surface area contributed by atoms with E-state index in [9.17, 15) is 10.1 Å². The van der Waals surface area contributed by atoms with Gasteiger partial charge in [-0.3, -0.25) is 10.1 Å². The van der Waals surface area contributed by atoms with Crippen molar-refractivity contribution in [2.45, 2.75) is 32.1 Å². The molecule has 0 amide bonds. The molecule has 1 aliphatic rings. The minimum absolute atomic E-state index is 0. The second kappa shape index (κ2) is 8.65. The van der Waals surface area contributed by atoms with Crippen molar-refractivity contribution < 1.29 is 4.92 Å². The molecule has 4 nitrogen and oxygen atoms in total. The standard InChI is InChI=1S/C21H26N2O2.ClH/c1-17-16-22(14-12-18-8-10-20(11-9-18)23(24)25)15-13-21(17,2)19-6-4-3-5-7-19;/h3-11,17H,12-16H2,1-2H3;1H. The predicted octanol–water partition coefficient (Wildman–Crippen LogP) is 4.86. The maximum absolute atomic E-state index is 10.7. The van der Waals surface area contributed by atoms with Gasteiger partial charge in [-0.2, -0.15) is 0 Å². The first-order valence-corrected chi connectivity index (χ1v) is 9.00. The van der Waals surface area contributed by atoms with Crippen molar-refractivity contribution in [3.63, 3.8) is 0 Å². The molecule has 2 unspecified atom stereocenters. The molecule has 0 aromatic heterocycles. The van der Waals surface area contributed by atoms with E-state index in [0.717, 1.165) is 31.6 Å². The molecular formula is C21H27ClN2O2. The lowest BCUT2D eigenvalue weighted by Crippen LogP contribution is -2.47. The van der Waals surface area contributed by atoms with Crippen LogP contribution >= 0.6 is 12.4 Å². The molecule has 3 rings (SSSR count). The Bertz CT molecular complexity index is 721. The number of halogens is 1. The summed E-state index contributed by atoms with van der Waals surface area (Å²) in [6.45, 7) is 7.94. The summed E-state index contributed by atoms with van der Waals surface area (Å²) in [5, 5.41) is 10.7. The van der Waals surface area contributed by atoms with Gasteiger partial charge in [0.25, 0.3) is 5.69 Å². The van der Waals surface area contributed by atoms with Crippen LogP contribution in [0.5, 0.6) is 0 Å². The van der Waals surface area contributed by atoms with Crippen LogP contribution in [0.4, 0.5) is 5.69 Å². The van der Waals surface area contributed by atoms with Gasteiger partial charge in [-0.1, -0.05) is 56.3 Å². The second-order valence-electron chi connectivity index (χ2n) is 7.41. The summed E-state index contributed by atoms with van der Waals surface area (Å²) in [6.07, 6.45) is 2.10. The molecule has 0 spiro atoms. The monoisotopic (exact) mass is 374 g/mol. The molecule has 1 heterocycles. The van der Waals surface area contributed by atoms with Crippen LogP contribution in [-0.4, -0.2) is 29.5 Å². The van der Waals surface area contributed by atoms with Crippen molar-refractivity contribution in [1.29, 1.82) is 0 Å². The first-order valence-electron chi connectivity index (χ1n) is 9.00. The van der Waals surface area contributed by atoms with Crippen LogP contribution in [0.3, 0.4) is 0 Å². The molecule has 1 aliphatic heterocycles. The fourth-order valence-electron chi connectivity index (χ4n) is 3.84. The molecule has 2 atom stereocenters. The Morgan fingerprint density at radius 1 is 1.15 bits per heavy atom. The number of likely N-dealkylation sites (tertiary alicyclic amines) is 1. The van der Waals surface area contributed by atoms with E-state index in [-0.39, 0.29) is 28.4 Å². The Labute approximate surface area is 161 Å². The average Bonchev–Trinajstić information content (AvgIpc) is 2.64. The van der Waals surface area contributed by atoms with E-state index < -0.39 is 0 Å². The van der Waals surface area contributed by atoms with Gasteiger partial charge in [0.1, 0.15) is 0 Å². The van der Waals surface area contributed by atoms with Gasteiger partial charge in [0.2, 0.25) is 0 Å². The van der Waals surface area contributed by atoms with E-state index >= 15 is 0 Å². The lowest BCUT2D eigenvalue weighted by atomic mass is 9.68. The van der Waals surface area contributed by atoms with E-state index in [2.05, 4.69) is 49.1 Å². The minimum Gasteiger partial charge on any atom is -0.303 e. The molecule has 0 aliphatic carbocycles. The van der Waals surface area contributed by atoms with Crippen molar-refractivity contribution in [3.8, 4) is 0 Å². The fraction of sp³-hybridized carbons (Fsp3) is 0.429. The van der Waals surface area contributed by atoms with Gasteiger partial charge in [0, 0.05) is 25.2 Å². The number of nitro groups is 1. The van der Waals surface area contributed by atoms with Crippen molar-refractivity contribution >= 4 is 18.1 Å². The van der Waals surface area contributed by atoms with Crippen LogP contribution in [0.25, 0.3) is 0 Å². The Balaban J connectivity index is 0.00000243. The maximum atomic E-state index is 10.7. The zero-order valence-corrected chi connectivity index (χ0v) is 16.2. The van der Waals surface area contributed by atoms with Gasteiger partial charge in [-0.05, 0) is 41.8 Å². The molecular weight excluding hydrogens is 348 g/mol. The van der Waals surface area contributed by atoms with Crippen molar-refractivity contribution in [2.75, 3.05) is 19.6 Å². The number of hydrogen-bond acceptors (Lipinski definition) is 3. The summed E-state index contributed by atoms with van der Waals surface area (Å²) in [7, 11) is 0. The van der Waals surface area contributed by atoms with Crippen molar-refractivity contribution in [2.24, 2.45) is 5.92 Å². The summed E-state index contributed by atoms with van der Waals surface area (Å²) < 4.78 is 0. The van der Waals surface area contributed by atoms with Gasteiger partial charge in [-0.25, -0.2) is 0 Å². The molecule has 2 aromatic carbocycles. The average molecular weight is 375 g/mol. The van der Waals surface area contributed by atoms with Crippen LogP contribution in [0, 0.1) is 16.0 Å². The molecule has 0 bridgehead atoms. The lowest BCUT2D eigenvalue weighted by Gasteiger charge is -2.45. The van der Waals surface area contributed by atoms with Crippen molar-refractivity contribution in [1.82, 2.24) is 4.90 Å². The Morgan fingerprint density at radius 3 is 2.38 bits per heavy atom. The molecule has 26 heavy (non-hydrogen) atoms. The highest BCUT2D eigenvalue weighted by Crippen LogP contribution is 2.39. The summed E-state index contributed by atoms with van der Waals surface area (Å²) >= 11 is 0. The van der Waals surface area contributed by atoms with Gasteiger partial charge in [-0.15, -0.1) is 12.4 Å². The summed E-state index contributed by atoms with van der Waals surface area (Å²) in [6, 6.07) is 17.8. The summed E-state index contributed by atoms with van der Waals surface area (Å²) in [5.74, 6) is 0.598. The van der Waals surface area contributed by atoms with Crippen LogP contribution in [-0.2, 0) is 11.8 Å². The van der Waals surface area contributed by atoms with E-state index in [1.807, 2.05) is 12.1 Å². The third-order valence-corrected chi connectivity index (χ3v) is 5.86. The van der Waals surface area contributed by atoms with E-state index in [1.165, 1.54) is 12.0 Å². The van der Waals surface area contributed by atoms with Crippen LogP contribution in [0.1, 0.15) is 31.4 Å². The summed E-state index contributed by atoms with van der Waals surface area (Å²) in [4.78, 5) is 12.9. The zero-order chi connectivity index (χ0) is 17.9. The number of piperidine rings is 1. The highest BCUT2D eigenvalue weighted by Gasteiger charge is 2.37. The Morgan fingerprint density at radius 2 is 1.81 bits per heavy atom. The SMILES string of the molecule is CC1CN(CCc2ccc([N+](=O)[O-])cc2)CCC1(C)c1ccccc1.Cl. The number of nitro benzene ring substituents is 1. The largest absolute Gasteiger partial charge is 0.303 e. The van der Waals surface area contributed by atoms with Crippen molar-refractivity contribution in [3.05, 3.63) is 75.8 Å². The quantitative estimate of drug-likeness (QED) is 0.554. The third-order valence-electron chi connectivity index (χ3n) is 5.86. The molecule has 2 aromatic rings. The molecule has 0 N–H and O–H groups in total. The maximum Gasteiger partial charge on any atom is 0.269 e. The molecule has 1 fully saturated rings. The number of rotatable bonds is 5. The Hall–Kier alpha value is -1.91. The Kier molecular flexibility index (Phi) is 6.79. The predicted molar refractivity (Wildman–Crippen MR) is 108 cm³/mol. The van der Waals surface area contributed by atoms with E-state index in [1.54, 1.807) is 12.1 Å². The normalized spacial score (nSPS) is 23.2. The number of nitrogens with zero attached hydrogens (tertiary/aromatic N) is 2. The fourth-order valence-corrected chi connectivity index (χ4v) is 3.84. The van der Waals surface area contributed by atoms with Gasteiger partial charge in [0.15, 0.2) is 0 Å². The number of hydrogen-bond donors (Lipinski definition) is 0. The molecule has 0 saturated carbocycles.